The van der Waals surface area contributed by atoms with Gasteiger partial charge in [-0.1, -0.05) is 6.07 Å². The number of amides is 1. The van der Waals surface area contributed by atoms with E-state index in [0.29, 0.717) is 0 Å². The highest BCUT2D eigenvalue weighted by Gasteiger charge is 2.73. The monoisotopic (exact) mass is 584 g/mol. The number of rotatable bonds is 4. The summed E-state index contributed by atoms with van der Waals surface area (Å²) in [5.74, 6) is -2.83. The molecule has 0 aliphatic rings. The van der Waals surface area contributed by atoms with Crippen molar-refractivity contribution in [2.45, 2.75) is 18.0 Å². The van der Waals surface area contributed by atoms with Gasteiger partial charge in [-0.05, 0) is 50.1 Å². The van der Waals surface area contributed by atoms with Crippen LogP contribution in [0.2, 0.25) is 0 Å². The second kappa shape index (κ2) is 8.33. The number of carbonyl (C=O) groups excluding carboxylic acids is 1. The second-order valence-electron chi connectivity index (χ2n) is 5.82. The first-order valence-electron chi connectivity index (χ1n) is 7.58. The lowest BCUT2D eigenvalue weighted by atomic mass is 9.94. The molecule has 1 amide bonds. The van der Waals surface area contributed by atoms with Crippen molar-refractivity contribution in [1.29, 1.82) is 0 Å². The van der Waals surface area contributed by atoms with E-state index in [0.717, 1.165) is 18.2 Å². The minimum Gasteiger partial charge on any atom is -0.320 e. The van der Waals surface area contributed by atoms with Crippen molar-refractivity contribution in [3.05, 3.63) is 66.3 Å². The molecule has 0 bridgehead atoms. The standard InChI is InChI=1S/C16H6Br2F8N2O3/c17-8-4-6(14(20,15(21,22)23)16(24,25)26)5-9(18)12(8)27-13(29)7-2-1-3-10(11(7)19)28(30)31/h1-5H,(H,27,29). The van der Waals surface area contributed by atoms with Gasteiger partial charge in [0.2, 0.25) is 5.82 Å². The van der Waals surface area contributed by atoms with Crippen LogP contribution in [-0.2, 0) is 5.67 Å². The van der Waals surface area contributed by atoms with Crippen molar-refractivity contribution in [1.82, 2.24) is 0 Å². The molecule has 0 saturated heterocycles. The number of hydrogen-bond acceptors (Lipinski definition) is 3. The Morgan fingerprint density at radius 2 is 1.45 bits per heavy atom. The van der Waals surface area contributed by atoms with Crippen molar-refractivity contribution in [3.63, 3.8) is 0 Å². The van der Waals surface area contributed by atoms with E-state index < -0.39 is 66.1 Å². The Hall–Kier alpha value is -2.29. The fraction of sp³-hybridized carbons (Fsp3) is 0.188. The molecule has 31 heavy (non-hydrogen) atoms. The fourth-order valence-corrected chi connectivity index (χ4v) is 3.78. The van der Waals surface area contributed by atoms with E-state index in [9.17, 15) is 50.0 Å². The molecule has 168 valence electrons. The van der Waals surface area contributed by atoms with Crippen LogP contribution in [0.15, 0.2) is 39.3 Å². The smallest absolute Gasteiger partial charge is 0.320 e. The maximum atomic E-state index is 14.2. The first kappa shape index (κ1) is 25.0. The number of benzene rings is 2. The van der Waals surface area contributed by atoms with Gasteiger partial charge in [-0.25, -0.2) is 4.39 Å². The van der Waals surface area contributed by atoms with Crippen LogP contribution < -0.4 is 5.32 Å². The minimum atomic E-state index is -6.36. The summed E-state index contributed by atoms with van der Waals surface area (Å²) in [6.07, 6.45) is -12.7. The summed E-state index contributed by atoms with van der Waals surface area (Å²) < 4.78 is 105. The van der Waals surface area contributed by atoms with Gasteiger partial charge in [0.25, 0.3) is 5.91 Å². The van der Waals surface area contributed by atoms with Crippen LogP contribution in [0.1, 0.15) is 15.9 Å². The minimum absolute atomic E-state index is 0.144. The number of nitrogens with one attached hydrogen (secondary N) is 1. The normalized spacial score (nSPS) is 12.6. The largest absolute Gasteiger partial charge is 0.435 e. The third kappa shape index (κ3) is 4.51. The third-order valence-corrected chi connectivity index (χ3v) is 5.13. The lowest BCUT2D eigenvalue weighted by Crippen LogP contribution is -2.50. The Balaban J connectivity index is 2.52. The first-order chi connectivity index (χ1) is 14.0. The highest BCUT2D eigenvalue weighted by Crippen LogP contribution is 2.54. The van der Waals surface area contributed by atoms with Crippen LogP contribution in [-0.4, -0.2) is 23.2 Å². The number of nitro benzene ring substituents is 1. The number of nitrogens with zero attached hydrogens (tertiary/aromatic N) is 1. The molecule has 0 unspecified atom stereocenters. The molecule has 0 aromatic heterocycles. The van der Waals surface area contributed by atoms with Crippen LogP contribution in [0.5, 0.6) is 0 Å². The summed E-state index contributed by atoms with van der Waals surface area (Å²) in [5, 5.41) is 12.7. The highest BCUT2D eigenvalue weighted by atomic mass is 79.9. The highest BCUT2D eigenvalue weighted by molar-refractivity contribution is 9.11. The van der Waals surface area contributed by atoms with Gasteiger partial charge < -0.3 is 5.32 Å². The summed E-state index contributed by atoms with van der Waals surface area (Å²) in [5.41, 5.74) is -9.92. The number of carbonyl (C=O) groups is 1. The van der Waals surface area contributed by atoms with E-state index in [4.69, 9.17) is 0 Å². The van der Waals surface area contributed by atoms with Crippen LogP contribution in [0.3, 0.4) is 0 Å². The molecule has 2 rings (SSSR count). The molecular weight excluding hydrogens is 580 g/mol. The Bertz CT molecular complexity index is 1020. The summed E-state index contributed by atoms with van der Waals surface area (Å²) in [6.45, 7) is 0. The SMILES string of the molecule is O=C(Nc1c(Br)cc(C(F)(C(F)(F)F)C(F)(F)F)cc1Br)c1cccc([N+](=O)[O-])c1F. The molecule has 2 aromatic carbocycles. The van der Waals surface area contributed by atoms with E-state index >= 15 is 0 Å². The van der Waals surface area contributed by atoms with Crippen molar-refractivity contribution < 1.29 is 44.8 Å². The molecule has 2 aromatic rings. The Morgan fingerprint density at radius 1 is 0.968 bits per heavy atom. The molecular formula is C16H6Br2F8N2O3. The number of nitro groups is 1. The lowest BCUT2D eigenvalue weighted by molar-refractivity contribution is -0.387. The summed E-state index contributed by atoms with van der Waals surface area (Å²) in [4.78, 5) is 21.9. The average molecular weight is 586 g/mol. The van der Waals surface area contributed by atoms with Gasteiger partial charge in [0.15, 0.2) is 0 Å². The number of anilines is 1. The van der Waals surface area contributed by atoms with E-state index in [2.05, 4.69) is 31.9 Å². The van der Waals surface area contributed by atoms with Crippen LogP contribution >= 0.6 is 31.9 Å². The maximum Gasteiger partial charge on any atom is 0.435 e. The predicted octanol–water partition coefficient (Wildman–Crippen LogP) is 6.80. The molecule has 0 aliphatic heterocycles. The van der Waals surface area contributed by atoms with Crippen LogP contribution in [0.25, 0.3) is 0 Å². The van der Waals surface area contributed by atoms with E-state index in [1.807, 2.05) is 5.32 Å². The molecule has 1 N–H and O–H groups in total. The van der Waals surface area contributed by atoms with Gasteiger partial charge in [-0.15, -0.1) is 0 Å². The van der Waals surface area contributed by atoms with Gasteiger partial charge in [0, 0.05) is 20.6 Å². The average Bonchev–Trinajstić information content (AvgIpc) is 2.61. The van der Waals surface area contributed by atoms with E-state index in [-0.39, 0.29) is 12.1 Å². The number of hydrogen-bond donors (Lipinski definition) is 1. The zero-order valence-electron chi connectivity index (χ0n) is 14.3. The molecule has 0 spiro atoms. The van der Waals surface area contributed by atoms with Crippen LogP contribution in [0, 0.1) is 15.9 Å². The van der Waals surface area contributed by atoms with Crippen molar-refractivity contribution in [2.24, 2.45) is 0 Å². The predicted molar refractivity (Wildman–Crippen MR) is 97.7 cm³/mol. The second-order valence-corrected chi connectivity index (χ2v) is 7.53. The quantitative estimate of drug-likeness (QED) is 0.244. The van der Waals surface area contributed by atoms with Gasteiger partial charge in [-0.3, -0.25) is 14.9 Å². The molecule has 0 radical (unpaired) electrons. The topological polar surface area (TPSA) is 72.2 Å². The fourth-order valence-electron chi connectivity index (χ4n) is 2.40. The van der Waals surface area contributed by atoms with Gasteiger partial charge >= 0.3 is 23.7 Å². The third-order valence-electron chi connectivity index (χ3n) is 3.88. The maximum absolute atomic E-state index is 14.2. The van der Waals surface area contributed by atoms with Gasteiger partial charge in [-0.2, -0.15) is 30.7 Å². The zero-order chi connectivity index (χ0) is 23.9. The lowest BCUT2D eigenvalue weighted by Gasteiger charge is -2.31. The summed E-state index contributed by atoms with van der Waals surface area (Å²) in [7, 11) is 0. The molecule has 5 nitrogen and oxygen atoms in total. The van der Waals surface area contributed by atoms with Gasteiger partial charge in [0.05, 0.1) is 16.2 Å². The molecule has 0 saturated carbocycles. The Morgan fingerprint density at radius 3 is 1.87 bits per heavy atom. The molecule has 0 aliphatic carbocycles. The zero-order valence-corrected chi connectivity index (χ0v) is 17.5. The van der Waals surface area contributed by atoms with E-state index in [1.165, 1.54) is 0 Å². The van der Waals surface area contributed by atoms with Crippen LogP contribution in [0.4, 0.5) is 46.5 Å². The first-order valence-corrected chi connectivity index (χ1v) is 9.17. The summed E-state index contributed by atoms with van der Waals surface area (Å²) in [6, 6.07) is 2.89. The Labute approximate surface area is 183 Å². The molecule has 15 heteroatoms. The van der Waals surface area contributed by atoms with Crippen molar-refractivity contribution >= 4 is 49.1 Å². The summed E-state index contributed by atoms with van der Waals surface area (Å²) >= 11 is 5.27. The number of halogens is 10. The van der Waals surface area contributed by atoms with E-state index in [1.54, 1.807) is 0 Å². The molecule has 0 heterocycles. The van der Waals surface area contributed by atoms with Crippen molar-refractivity contribution in [3.8, 4) is 0 Å². The van der Waals surface area contributed by atoms with Gasteiger partial charge in [0.1, 0.15) is 0 Å². The molecule has 0 fully saturated rings. The molecule has 0 atom stereocenters. The number of alkyl halides is 7. The van der Waals surface area contributed by atoms with Crippen molar-refractivity contribution in [2.75, 3.05) is 5.32 Å². The Kier molecular flexibility index (Phi) is 6.71.